The summed E-state index contributed by atoms with van der Waals surface area (Å²) in [6.45, 7) is 3.71. The quantitative estimate of drug-likeness (QED) is 0.811. The maximum atomic E-state index is 14.0. The minimum atomic E-state index is -0.546. The summed E-state index contributed by atoms with van der Waals surface area (Å²) < 4.78 is 24.3. The topological polar surface area (TPSA) is 47.6 Å². The largest absolute Gasteiger partial charge is 0.497 e. The van der Waals surface area contributed by atoms with E-state index in [0.29, 0.717) is 19.0 Å². The fourth-order valence-corrected chi connectivity index (χ4v) is 2.37. The second-order valence-electron chi connectivity index (χ2n) is 4.91. The van der Waals surface area contributed by atoms with Crippen LogP contribution in [0.3, 0.4) is 0 Å². The molecule has 0 bridgehead atoms. The number of rotatable bonds is 6. The van der Waals surface area contributed by atoms with Crippen molar-refractivity contribution in [3.63, 3.8) is 0 Å². The van der Waals surface area contributed by atoms with Crippen molar-refractivity contribution in [2.45, 2.75) is 19.4 Å². The summed E-state index contributed by atoms with van der Waals surface area (Å²) in [5, 5.41) is 3.28. The van der Waals surface area contributed by atoms with Crippen LogP contribution in [0, 0.1) is 11.7 Å². The number of ether oxygens (including phenoxy) is 2. The van der Waals surface area contributed by atoms with Crippen molar-refractivity contribution >= 4 is 5.78 Å². The summed E-state index contributed by atoms with van der Waals surface area (Å²) in [5.74, 6) is -0.682. The fourth-order valence-electron chi connectivity index (χ4n) is 2.37. The van der Waals surface area contributed by atoms with Gasteiger partial charge in [0, 0.05) is 12.1 Å². The third kappa shape index (κ3) is 3.16. The van der Waals surface area contributed by atoms with Crippen molar-refractivity contribution in [1.82, 2.24) is 5.32 Å². The van der Waals surface area contributed by atoms with Crippen LogP contribution in [0.2, 0.25) is 0 Å². The van der Waals surface area contributed by atoms with Crippen LogP contribution in [-0.4, -0.2) is 38.7 Å². The van der Waals surface area contributed by atoms with Gasteiger partial charge in [-0.2, -0.15) is 0 Å². The lowest BCUT2D eigenvalue weighted by molar-refractivity contribution is 0.0887. The zero-order chi connectivity index (χ0) is 14.5. The molecule has 20 heavy (non-hydrogen) atoms. The number of halogens is 1. The minimum Gasteiger partial charge on any atom is -0.497 e. The Labute approximate surface area is 118 Å². The fraction of sp³-hybridized carbons (Fsp3) is 0.533. The molecule has 1 fully saturated rings. The van der Waals surface area contributed by atoms with Crippen molar-refractivity contribution < 1.29 is 18.7 Å². The molecule has 0 radical (unpaired) electrons. The third-order valence-electron chi connectivity index (χ3n) is 3.52. The molecule has 0 aromatic heterocycles. The first-order valence-corrected chi connectivity index (χ1v) is 6.86. The molecular formula is C15H20FNO3. The Morgan fingerprint density at radius 1 is 1.50 bits per heavy atom. The molecule has 1 aliphatic rings. The molecule has 2 rings (SSSR count). The van der Waals surface area contributed by atoms with Crippen LogP contribution in [0.1, 0.15) is 23.7 Å². The van der Waals surface area contributed by atoms with E-state index in [1.807, 2.05) is 0 Å². The monoisotopic (exact) mass is 281 g/mol. The van der Waals surface area contributed by atoms with E-state index in [9.17, 15) is 9.18 Å². The normalized spacial score (nSPS) is 21.9. The molecule has 1 aliphatic heterocycles. The summed E-state index contributed by atoms with van der Waals surface area (Å²) in [7, 11) is 1.46. The predicted molar refractivity (Wildman–Crippen MR) is 73.7 cm³/mol. The number of benzene rings is 1. The highest BCUT2D eigenvalue weighted by molar-refractivity contribution is 5.99. The predicted octanol–water partition coefficient (Wildman–Crippen LogP) is 2.03. The van der Waals surface area contributed by atoms with Crippen LogP contribution in [0.15, 0.2) is 18.2 Å². The average Bonchev–Trinajstić information content (AvgIpc) is 2.92. The molecule has 5 heteroatoms. The summed E-state index contributed by atoms with van der Waals surface area (Å²) in [6.07, 6.45) is 0.980. The third-order valence-corrected chi connectivity index (χ3v) is 3.52. The lowest BCUT2D eigenvalue weighted by Gasteiger charge is -2.18. The van der Waals surface area contributed by atoms with Crippen molar-refractivity contribution in [2.75, 3.05) is 26.9 Å². The molecule has 2 unspecified atom stereocenters. The highest BCUT2D eigenvalue weighted by atomic mass is 19.1. The minimum absolute atomic E-state index is 0.0380. The molecule has 1 aromatic rings. The van der Waals surface area contributed by atoms with Gasteiger partial charge in [0.25, 0.3) is 0 Å². The summed E-state index contributed by atoms with van der Waals surface area (Å²) >= 11 is 0. The highest BCUT2D eigenvalue weighted by Crippen LogP contribution is 2.23. The van der Waals surface area contributed by atoms with E-state index in [4.69, 9.17) is 9.47 Å². The van der Waals surface area contributed by atoms with Gasteiger partial charge in [-0.15, -0.1) is 0 Å². The van der Waals surface area contributed by atoms with E-state index < -0.39 is 5.82 Å². The number of carbonyl (C=O) groups excluding carboxylic acids is 1. The standard InChI is InChI=1S/C15H20FNO3/c1-3-6-17-14-9-20-8-12(14)15(18)11-5-4-10(19-2)7-13(11)16/h4-5,7,12,14,17H,3,6,8-9H2,1-2H3. The molecule has 1 heterocycles. The van der Waals surface area contributed by atoms with Crippen LogP contribution < -0.4 is 10.1 Å². The maximum absolute atomic E-state index is 14.0. The van der Waals surface area contributed by atoms with E-state index in [2.05, 4.69) is 12.2 Å². The SMILES string of the molecule is CCCNC1COCC1C(=O)c1ccc(OC)cc1F. The Hall–Kier alpha value is -1.46. The van der Waals surface area contributed by atoms with Gasteiger partial charge in [0.1, 0.15) is 11.6 Å². The van der Waals surface area contributed by atoms with Gasteiger partial charge in [-0.25, -0.2) is 4.39 Å². The maximum Gasteiger partial charge on any atom is 0.172 e. The Morgan fingerprint density at radius 3 is 2.95 bits per heavy atom. The summed E-state index contributed by atoms with van der Waals surface area (Å²) in [6, 6.07) is 4.27. The lowest BCUT2D eigenvalue weighted by Crippen LogP contribution is -2.39. The van der Waals surface area contributed by atoms with Crippen LogP contribution in [0.5, 0.6) is 5.75 Å². The average molecular weight is 281 g/mol. The Morgan fingerprint density at radius 2 is 2.30 bits per heavy atom. The zero-order valence-electron chi connectivity index (χ0n) is 11.8. The van der Waals surface area contributed by atoms with Gasteiger partial charge in [-0.3, -0.25) is 4.79 Å². The van der Waals surface area contributed by atoms with Crippen LogP contribution in [-0.2, 0) is 4.74 Å². The Balaban J connectivity index is 2.13. The van der Waals surface area contributed by atoms with Gasteiger partial charge in [-0.05, 0) is 25.1 Å². The second kappa shape index (κ2) is 6.81. The van der Waals surface area contributed by atoms with Gasteiger partial charge in [-0.1, -0.05) is 6.92 Å². The lowest BCUT2D eigenvalue weighted by atomic mass is 9.93. The molecule has 1 saturated heterocycles. The first-order chi connectivity index (χ1) is 9.67. The first kappa shape index (κ1) is 14.9. The molecule has 0 saturated carbocycles. The molecule has 1 N–H and O–H groups in total. The van der Waals surface area contributed by atoms with E-state index in [1.165, 1.54) is 19.2 Å². The molecular weight excluding hydrogens is 261 g/mol. The number of hydrogen-bond donors (Lipinski definition) is 1. The highest BCUT2D eigenvalue weighted by Gasteiger charge is 2.35. The smallest absolute Gasteiger partial charge is 0.172 e. The second-order valence-corrected chi connectivity index (χ2v) is 4.91. The molecule has 0 spiro atoms. The van der Waals surface area contributed by atoms with Gasteiger partial charge < -0.3 is 14.8 Å². The number of carbonyl (C=O) groups is 1. The number of hydrogen-bond acceptors (Lipinski definition) is 4. The molecule has 0 aliphatic carbocycles. The van der Waals surface area contributed by atoms with Gasteiger partial charge in [0.2, 0.25) is 0 Å². The number of methoxy groups -OCH3 is 1. The number of nitrogens with one attached hydrogen (secondary N) is 1. The summed E-state index contributed by atoms with van der Waals surface area (Å²) in [5.41, 5.74) is 0.101. The van der Waals surface area contributed by atoms with E-state index in [1.54, 1.807) is 6.07 Å². The number of ketones is 1. The van der Waals surface area contributed by atoms with Gasteiger partial charge >= 0.3 is 0 Å². The van der Waals surface area contributed by atoms with Crippen LogP contribution in [0.25, 0.3) is 0 Å². The Kier molecular flexibility index (Phi) is 5.09. The van der Waals surface area contributed by atoms with Crippen molar-refractivity contribution in [1.29, 1.82) is 0 Å². The van der Waals surface area contributed by atoms with Crippen molar-refractivity contribution in [3.8, 4) is 5.75 Å². The molecule has 1 aromatic carbocycles. The van der Waals surface area contributed by atoms with Crippen molar-refractivity contribution in [3.05, 3.63) is 29.6 Å². The van der Waals surface area contributed by atoms with E-state index in [-0.39, 0.29) is 23.3 Å². The molecule has 0 amide bonds. The van der Waals surface area contributed by atoms with Crippen LogP contribution in [0.4, 0.5) is 4.39 Å². The Bertz CT molecular complexity index is 478. The zero-order valence-corrected chi connectivity index (χ0v) is 11.8. The molecule has 110 valence electrons. The first-order valence-electron chi connectivity index (χ1n) is 6.86. The molecule has 4 nitrogen and oxygen atoms in total. The van der Waals surface area contributed by atoms with Gasteiger partial charge in [0.05, 0.1) is 31.8 Å². The van der Waals surface area contributed by atoms with Crippen molar-refractivity contribution in [2.24, 2.45) is 5.92 Å². The van der Waals surface area contributed by atoms with E-state index >= 15 is 0 Å². The number of Topliss-reactive ketones (excluding diaryl/α,β-unsaturated/α-hetero) is 1. The van der Waals surface area contributed by atoms with Crippen LogP contribution >= 0.6 is 0 Å². The van der Waals surface area contributed by atoms with Gasteiger partial charge in [0.15, 0.2) is 5.78 Å². The molecule has 2 atom stereocenters. The summed E-state index contributed by atoms with van der Waals surface area (Å²) in [4.78, 5) is 12.4. The van der Waals surface area contributed by atoms with E-state index in [0.717, 1.165) is 13.0 Å².